The van der Waals surface area contributed by atoms with Crippen molar-refractivity contribution in [3.05, 3.63) is 23.7 Å². The fourth-order valence-corrected chi connectivity index (χ4v) is 2.26. The number of nitrogen functional groups attached to an aromatic ring is 1. The summed E-state index contributed by atoms with van der Waals surface area (Å²) < 4.78 is 0.867. The summed E-state index contributed by atoms with van der Waals surface area (Å²) in [5, 5.41) is 8.49. The number of hydrazine groups is 1. The quantitative estimate of drug-likeness (QED) is 0.607. The molecule has 0 spiro atoms. The Bertz CT molecular complexity index is 402. The first-order valence-electron chi connectivity index (χ1n) is 3.76. The van der Waals surface area contributed by atoms with Gasteiger partial charge in [-0.25, -0.2) is 10.8 Å². The zero-order valence-electron chi connectivity index (χ0n) is 7.04. The predicted molar refractivity (Wildman–Crippen MR) is 56.1 cm³/mol. The second-order valence-electron chi connectivity index (χ2n) is 2.31. The predicted octanol–water partition coefficient (Wildman–Crippen LogP) is 1.37. The van der Waals surface area contributed by atoms with Gasteiger partial charge in [0.2, 0.25) is 0 Å². The van der Waals surface area contributed by atoms with Crippen molar-refractivity contribution in [1.82, 2.24) is 15.2 Å². The molecule has 0 saturated heterocycles. The molecule has 0 radical (unpaired) electrons. The third kappa shape index (κ3) is 2.19. The molecule has 0 fully saturated rings. The zero-order chi connectivity index (χ0) is 9.80. The van der Waals surface area contributed by atoms with Crippen LogP contribution in [-0.2, 0) is 0 Å². The number of anilines is 1. The Morgan fingerprint density at radius 2 is 2.36 bits per heavy atom. The minimum absolute atomic E-state index is 0.638. The van der Waals surface area contributed by atoms with Crippen molar-refractivity contribution < 1.29 is 0 Å². The highest BCUT2D eigenvalue weighted by atomic mass is 32.2. The van der Waals surface area contributed by atoms with Gasteiger partial charge in [0.25, 0.3) is 0 Å². The molecule has 5 nitrogen and oxygen atoms in total. The maximum Gasteiger partial charge on any atom is 0.180 e. The van der Waals surface area contributed by atoms with Crippen LogP contribution >= 0.6 is 23.1 Å². The van der Waals surface area contributed by atoms with Gasteiger partial charge in [-0.15, -0.1) is 10.2 Å². The average molecular weight is 225 g/mol. The second kappa shape index (κ2) is 4.36. The standard InChI is InChI=1S/C7H7N5S2/c8-11-5-2-1-3-6(10-5)14-7-12-9-4-13-7/h1-4H,8H2,(H,10,11). The number of nitrogens with two attached hydrogens (primary N) is 1. The first-order valence-corrected chi connectivity index (χ1v) is 5.46. The number of nitrogens with one attached hydrogen (secondary N) is 1. The minimum atomic E-state index is 0.638. The van der Waals surface area contributed by atoms with E-state index >= 15 is 0 Å². The molecule has 2 rings (SSSR count). The molecule has 2 aromatic rings. The number of pyridine rings is 1. The van der Waals surface area contributed by atoms with Crippen molar-refractivity contribution >= 4 is 28.9 Å². The third-order valence-electron chi connectivity index (χ3n) is 1.40. The Morgan fingerprint density at radius 1 is 1.43 bits per heavy atom. The molecule has 0 unspecified atom stereocenters. The van der Waals surface area contributed by atoms with Gasteiger partial charge in [0.1, 0.15) is 16.4 Å². The molecule has 0 aliphatic carbocycles. The molecule has 0 aliphatic heterocycles. The van der Waals surface area contributed by atoms with Gasteiger partial charge < -0.3 is 5.43 Å². The zero-order valence-corrected chi connectivity index (χ0v) is 8.68. The van der Waals surface area contributed by atoms with E-state index in [2.05, 4.69) is 20.6 Å². The van der Waals surface area contributed by atoms with Crippen LogP contribution in [0.3, 0.4) is 0 Å². The highest BCUT2D eigenvalue weighted by Crippen LogP contribution is 2.27. The fraction of sp³-hybridized carbons (Fsp3) is 0. The van der Waals surface area contributed by atoms with Crippen LogP contribution in [0, 0.1) is 0 Å². The van der Waals surface area contributed by atoms with Crippen molar-refractivity contribution in [2.24, 2.45) is 5.84 Å². The topological polar surface area (TPSA) is 76.7 Å². The highest BCUT2D eigenvalue weighted by Gasteiger charge is 2.02. The molecule has 3 N–H and O–H groups in total. The monoisotopic (exact) mass is 225 g/mol. The van der Waals surface area contributed by atoms with Crippen LogP contribution in [0.15, 0.2) is 33.1 Å². The highest BCUT2D eigenvalue weighted by molar-refractivity contribution is 8.00. The van der Waals surface area contributed by atoms with Gasteiger partial charge in [0, 0.05) is 0 Å². The molecule has 0 atom stereocenters. The Balaban J connectivity index is 2.17. The lowest BCUT2D eigenvalue weighted by molar-refractivity contribution is 1.01. The number of rotatable bonds is 3. The Morgan fingerprint density at radius 3 is 3.07 bits per heavy atom. The normalized spacial score (nSPS) is 10.1. The first-order chi connectivity index (χ1) is 6.88. The van der Waals surface area contributed by atoms with Gasteiger partial charge in [-0.2, -0.15) is 0 Å². The van der Waals surface area contributed by atoms with Crippen LogP contribution in [0.1, 0.15) is 0 Å². The Kier molecular flexibility index (Phi) is 2.92. The van der Waals surface area contributed by atoms with Crippen LogP contribution in [-0.4, -0.2) is 15.2 Å². The second-order valence-corrected chi connectivity index (χ2v) is 4.41. The van der Waals surface area contributed by atoms with E-state index in [-0.39, 0.29) is 0 Å². The molecule has 7 heteroatoms. The molecule has 2 aromatic heterocycles. The average Bonchev–Trinajstić information content (AvgIpc) is 2.71. The van der Waals surface area contributed by atoms with Crippen LogP contribution in [0.2, 0.25) is 0 Å². The number of hydrogen-bond acceptors (Lipinski definition) is 7. The maximum absolute atomic E-state index is 5.24. The number of hydrogen-bond donors (Lipinski definition) is 2. The fourth-order valence-electron chi connectivity index (χ4n) is 0.849. The largest absolute Gasteiger partial charge is 0.308 e. The van der Waals surface area contributed by atoms with Gasteiger partial charge in [-0.05, 0) is 23.9 Å². The first kappa shape index (κ1) is 9.38. The molecule has 0 saturated carbocycles. The smallest absolute Gasteiger partial charge is 0.180 e. The van der Waals surface area contributed by atoms with Gasteiger partial charge in [-0.3, -0.25) is 0 Å². The van der Waals surface area contributed by atoms with Gasteiger partial charge >= 0.3 is 0 Å². The number of aromatic nitrogens is 3. The van der Waals surface area contributed by atoms with E-state index in [1.165, 1.54) is 23.1 Å². The lowest BCUT2D eigenvalue weighted by Crippen LogP contribution is -2.08. The summed E-state index contributed by atoms with van der Waals surface area (Å²) in [5.41, 5.74) is 4.18. The minimum Gasteiger partial charge on any atom is -0.308 e. The van der Waals surface area contributed by atoms with Crippen molar-refractivity contribution in [3.63, 3.8) is 0 Å². The van der Waals surface area contributed by atoms with Crippen LogP contribution in [0.4, 0.5) is 5.82 Å². The summed E-state index contributed by atoms with van der Waals surface area (Å²) in [4.78, 5) is 4.23. The molecule has 0 amide bonds. The van der Waals surface area contributed by atoms with Gasteiger partial charge in [0.15, 0.2) is 4.34 Å². The van der Waals surface area contributed by atoms with Crippen LogP contribution < -0.4 is 11.3 Å². The van der Waals surface area contributed by atoms with E-state index in [4.69, 9.17) is 5.84 Å². The SMILES string of the molecule is NNc1cccc(Sc2nncs2)n1. The molecule has 2 heterocycles. The van der Waals surface area contributed by atoms with E-state index in [0.717, 1.165) is 9.37 Å². The summed E-state index contributed by atoms with van der Waals surface area (Å²) >= 11 is 2.94. The van der Waals surface area contributed by atoms with E-state index < -0.39 is 0 Å². The summed E-state index contributed by atoms with van der Waals surface area (Å²) in [5.74, 6) is 5.88. The van der Waals surface area contributed by atoms with Crippen LogP contribution in [0.25, 0.3) is 0 Å². The number of nitrogens with zero attached hydrogens (tertiary/aromatic N) is 3. The van der Waals surface area contributed by atoms with E-state index in [1.807, 2.05) is 12.1 Å². The molecule has 0 aromatic carbocycles. The molecule has 72 valence electrons. The Labute approximate surface area is 88.7 Å². The lowest BCUT2D eigenvalue weighted by Gasteiger charge is -2.00. The van der Waals surface area contributed by atoms with Crippen molar-refractivity contribution in [2.45, 2.75) is 9.37 Å². The van der Waals surface area contributed by atoms with Crippen LogP contribution in [0.5, 0.6) is 0 Å². The molecule has 14 heavy (non-hydrogen) atoms. The van der Waals surface area contributed by atoms with E-state index in [1.54, 1.807) is 11.6 Å². The van der Waals surface area contributed by atoms with E-state index in [9.17, 15) is 0 Å². The van der Waals surface area contributed by atoms with Crippen molar-refractivity contribution in [3.8, 4) is 0 Å². The maximum atomic E-state index is 5.24. The van der Waals surface area contributed by atoms with Gasteiger partial charge in [0.05, 0.1) is 0 Å². The summed E-state index contributed by atoms with van der Waals surface area (Å²) in [6.07, 6.45) is 0. The third-order valence-corrected chi connectivity index (χ3v) is 3.12. The molecular weight excluding hydrogens is 218 g/mol. The summed E-state index contributed by atoms with van der Waals surface area (Å²) in [6, 6.07) is 5.57. The molecular formula is C7H7N5S2. The Hall–Kier alpha value is -1.18. The van der Waals surface area contributed by atoms with Gasteiger partial charge in [-0.1, -0.05) is 17.4 Å². The summed E-state index contributed by atoms with van der Waals surface area (Å²) in [7, 11) is 0. The lowest BCUT2D eigenvalue weighted by atomic mass is 10.5. The van der Waals surface area contributed by atoms with Crippen molar-refractivity contribution in [1.29, 1.82) is 0 Å². The molecule has 0 aliphatic rings. The summed E-state index contributed by atoms with van der Waals surface area (Å²) in [6.45, 7) is 0. The molecule has 0 bridgehead atoms. The van der Waals surface area contributed by atoms with Crippen molar-refractivity contribution in [2.75, 3.05) is 5.43 Å². The van der Waals surface area contributed by atoms with E-state index in [0.29, 0.717) is 5.82 Å².